The molecule has 1 saturated carbocycles. The zero-order valence-corrected chi connectivity index (χ0v) is 14.1. The fourth-order valence-electron chi connectivity index (χ4n) is 3.60. The molecule has 1 aromatic heterocycles. The van der Waals surface area contributed by atoms with Gasteiger partial charge >= 0.3 is 0 Å². The van der Waals surface area contributed by atoms with Crippen molar-refractivity contribution in [3.63, 3.8) is 0 Å². The van der Waals surface area contributed by atoms with E-state index in [-0.39, 0.29) is 5.41 Å². The van der Waals surface area contributed by atoms with Gasteiger partial charge in [0.15, 0.2) is 5.96 Å². The molecule has 3 rings (SSSR count). The predicted octanol–water partition coefficient (Wildman–Crippen LogP) is 3.60. The second-order valence-corrected chi connectivity index (χ2v) is 6.65. The van der Waals surface area contributed by atoms with Crippen LogP contribution in [0.4, 0.5) is 0 Å². The summed E-state index contributed by atoms with van der Waals surface area (Å²) in [5, 5.41) is 14.6. The molecule has 2 aromatic rings. The highest BCUT2D eigenvalue weighted by atomic mass is 15.1. The van der Waals surface area contributed by atoms with Gasteiger partial charge in [-0.25, -0.2) is 0 Å². The third-order valence-electron chi connectivity index (χ3n) is 4.99. The molecule has 1 aliphatic carbocycles. The summed E-state index contributed by atoms with van der Waals surface area (Å²) in [5.41, 5.74) is 2.64. The smallest absolute Gasteiger partial charge is 0.188 e. The number of nitrogens with one attached hydrogen (secondary N) is 3. The van der Waals surface area contributed by atoms with Crippen LogP contribution in [0.15, 0.2) is 54.9 Å². The third kappa shape index (κ3) is 4.13. The van der Waals surface area contributed by atoms with E-state index in [0.717, 1.165) is 12.1 Å². The molecule has 0 saturated heterocycles. The first-order valence-corrected chi connectivity index (χ1v) is 8.79. The van der Waals surface area contributed by atoms with Crippen molar-refractivity contribution in [1.29, 1.82) is 5.41 Å². The van der Waals surface area contributed by atoms with Crippen LogP contribution in [0, 0.1) is 5.41 Å². The van der Waals surface area contributed by atoms with Crippen LogP contribution >= 0.6 is 0 Å². The minimum atomic E-state index is 0.155. The molecule has 0 unspecified atom stereocenters. The summed E-state index contributed by atoms with van der Waals surface area (Å²) in [6, 6.07) is 14.7. The van der Waals surface area contributed by atoms with Crippen molar-refractivity contribution in [2.45, 2.75) is 44.1 Å². The van der Waals surface area contributed by atoms with Gasteiger partial charge < -0.3 is 10.6 Å². The normalized spacial score (nSPS) is 16.3. The van der Waals surface area contributed by atoms with Gasteiger partial charge in [-0.15, -0.1) is 0 Å². The second-order valence-electron chi connectivity index (χ2n) is 6.65. The van der Waals surface area contributed by atoms with Crippen LogP contribution in [0.2, 0.25) is 0 Å². The van der Waals surface area contributed by atoms with E-state index in [9.17, 15) is 0 Å². The van der Waals surface area contributed by atoms with Gasteiger partial charge in [0.2, 0.25) is 0 Å². The lowest BCUT2D eigenvalue weighted by Crippen LogP contribution is -2.46. The lowest BCUT2D eigenvalue weighted by atomic mass is 9.69. The molecule has 4 nitrogen and oxygen atoms in total. The maximum absolute atomic E-state index is 8.16. The SMILES string of the molecule is N=C(NCc1cccnc1)NCC1(c2ccccc2)CCCCC1. The molecular weight excluding hydrogens is 296 g/mol. The van der Waals surface area contributed by atoms with Crippen LogP contribution in [0.1, 0.15) is 43.2 Å². The van der Waals surface area contributed by atoms with Crippen molar-refractivity contribution >= 4 is 5.96 Å². The van der Waals surface area contributed by atoms with Crippen molar-refractivity contribution in [3.8, 4) is 0 Å². The van der Waals surface area contributed by atoms with E-state index in [4.69, 9.17) is 5.41 Å². The molecule has 0 atom stereocenters. The first-order valence-electron chi connectivity index (χ1n) is 8.79. The van der Waals surface area contributed by atoms with Crippen LogP contribution in [-0.4, -0.2) is 17.5 Å². The Bertz CT molecular complexity index is 633. The van der Waals surface area contributed by atoms with Gasteiger partial charge in [-0.1, -0.05) is 55.7 Å². The lowest BCUT2D eigenvalue weighted by Gasteiger charge is -2.38. The number of pyridine rings is 1. The number of rotatable bonds is 5. The molecule has 1 aromatic carbocycles. The van der Waals surface area contributed by atoms with Gasteiger partial charge in [-0.2, -0.15) is 0 Å². The first kappa shape index (κ1) is 16.5. The van der Waals surface area contributed by atoms with Gasteiger partial charge in [0.05, 0.1) is 0 Å². The molecule has 1 fully saturated rings. The lowest BCUT2D eigenvalue weighted by molar-refractivity contribution is 0.291. The van der Waals surface area contributed by atoms with Crippen LogP contribution in [0.3, 0.4) is 0 Å². The van der Waals surface area contributed by atoms with Gasteiger partial charge in [0.25, 0.3) is 0 Å². The van der Waals surface area contributed by atoms with Crippen molar-refractivity contribution in [1.82, 2.24) is 15.6 Å². The molecule has 0 radical (unpaired) electrons. The van der Waals surface area contributed by atoms with Crippen LogP contribution in [-0.2, 0) is 12.0 Å². The number of aromatic nitrogens is 1. The Morgan fingerprint density at radius 2 is 1.79 bits per heavy atom. The Morgan fingerprint density at radius 1 is 1.00 bits per heavy atom. The number of benzene rings is 1. The maximum Gasteiger partial charge on any atom is 0.188 e. The Balaban J connectivity index is 1.58. The molecular formula is C20H26N4. The highest BCUT2D eigenvalue weighted by molar-refractivity contribution is 5.76. The molecule has 4 heteroatoms. The highest BCUT2D eigenvalue weighted by Crippen LogP contribution is 2.38. The summed E-state index contributed by atoms with van der Waals surface area (Å²) in [7, 11) is 0. The topological polar surface area (TPSA) is 60.8 Å². The average molecular weight is 322 g/mol. The quantitative estimate of drug-likeness (QED) is 0.582. The van der Waals surface area contributed by atoms with Crippen molar-refractivity contribution < 1.29 is 0 Å². The summed E-state index contributed by atoms with van der Waals surface area (Å²) in [4.78, 5) is 4.10. The van der Waals surface area contributed by atoms with Crippen LogP contribution < -0.4 is 10.6 Å². The summed E-state index contributed by atoms with van der Waals surface area (Å²) >= 11 is 0. The van der Waals surface area contributed by atoms with Crippen molar-refractivity contribution in [2.75, 3.05) is 6.54 Å². The Morgan fingerprint density at radius 3 is 2.50 bits per heavy atom. The summed E-state index contributed by atoms with van der Waals surface area (Å²) in [6.07, 6.45) is 9.85. The minimum Gasteiger partial charge on any atom is -0.356 e. The Labute approximate surface area is 144 Å². The van der Waals surface area contributed by atoms with E-state index < -0.39 is 0 Å². The Hall–Kier alpha value is -2.36. The average Bonchev–Trinajstić information content (AvgIpc) is 2.67. The van der Waals surface area contributed by atoms with Crippen LogP contribution in [0.5, 0.6) is 0 Å². The van der Waals surface area contributed by atoms with E-state index >= 15 is 0 Å². The van der Waals surface area contributed by atoms with E-state index in [1.54, 1.807) is 6.20 Å². The number of guanidine groups is 1. The maximum atomic E-state index is 8.16. The molecule has 3 N–H and O–H groups in total. The molecule has 0 aliphatic heterocycles. The number of hydrogen-bond donors (Lipinski definition) is 3. The molecule has 126 valence electrons. The van der Waals surface area contributed by atoms with Crippen LogP contribution in [0.25, 0.3) is 0 Å². The van der Waals surface area contributed by atoms with Gasteiger partial charge in [-0.05, 0) is 30.0 Å². The van der Waals surface area contributed by atoms with E-state index in [1.807, 2.05) is 18.3 Å². The molecule has 24 heavy (non-hydrogen) atoms. The van der Waals surface area contributed by atoms with Gasteiger partial charge in [-0.3, -0.25) is 10.4 Å². The highest BCUT2D eigenvalue weighted by Gasteiger charge is 2.33. The number of nitrogens with zero attached hydrogens (tertiary/aromatic N) is 1. The van der Waals surface area contributed by atoms with Gasteiger partial charge in [0.1, 0.15) is 0 Å². The largest absolute Gasteiger partial charge is 0.356 e. The van der Waals surface area contributed by atoms with E-state index in [1.165, 1.54) is 37.7 Å². The molecule has 1 aliphatic rings. The fraction of sp³-hybridized carbons (Fsp3) is 0.400. The molecule has 0 spiro atoms. The van der Waals surface area contributed by atoms with Crippen molar-refractivity contribution in [2.24, 2.45) is 0 Å². The van der Waals surface area contributed by atoms with Gasteiger partial charge in [0, 0.05) is 30.9 Å². The second kappa shape index (κ2) is 7.95. The van der Waals surface area contributed by atoms with Crippen molar-refractivity contribution in [3.05, 3.63) is 66.0 Å². The monoisotopic (exact) mass is 322 g/mol. The fourth-order valence-corrected chi connectivity index (χ4v) is 3.60. The summed E-state index contributed by atoms with van der Waals surface area (Å²) in [6.45, 7) is 1.44. The zero-order valence-electron chi connectivity index (χ0n) is 14.1. The third-order valence-corrected chi connectivity index (χ3v) is 4.99. The zero-order chi connectivity index (χ0) is 16.7. The minimum absolute atomic E-state index is 0.155. The first-order chi connectivity index (χ1) is 11.8. The molecule has 0 bridgehead atoms. The molecule has 1 heterocycles. The summed E-state index contributed by atoms with van der Waals surface area (Å²) < 4.78 is 0. The predicted molar refractivity (Wildman–Crippen MR) is 98.0 cm³/mol. The Kier molecular flexibility index (Phi) is 5.47. The molecule has 0 amide bonds. The summed E-state index contributed by atoms with van der Waals surface area (Å²) in [5.74, 6) is 0.389. The number of hydrogen-bond acceptors (Lipinski definition) is 2. The standard InChI is InChI=1S/C20H26N4/c21-19(23-15-17-8-7-13-22-14-17)24-16-20(11-5-2-6-12-20)18-9-3-1-4-10-18/h1,3-4,7-10,13-14H,2,5-6,11-12,15-16H2,(H3,21,23,24). The van der Waals surface area contributed by atoms with E-state index in [2.05, 4.69) is 45.9 Å². The van der Waals surface area contributed by atoms with E-state index in [0.29, 0.717) is 12.5 Å².